The fourth-order valence-corrected chi connectivity index (χ4v) is 3.41. The summed E-state index contributed by atoms with van der Waals surface area (Å²) in [6.07, 6.45) is 0.105. The zero-order chi connectivity index (χ0) is 19.5. The van der Waals surface area contributed by atoms with Gasteiger partial charge < -0.3 is 9.47 Å². The van der Waals surface area contributed by atoms with E-state index in [1.807, 2.05) is 55.5 Å². The lowest BCUT2D eigenvalue weighted by atomic mass is 9.94. The number of aryl methyl sites for hydroxylation is 1. The Kier molecular flexibility index (Phi) is 4.94. The molecule has 0 atom stereocenters. The van der Waals surface area contributed by atoms with Crippen LogP contribution in [0.2, 0.25) is 0 Å². The molecule has 0 spiro atoms. The Morgan fingerprint density at radius 3 is 2.64 bits per heavy atom. The topological polar surface area (TPSA) is 52.6 Å². The predicted molar refractivity (Wildman–Crippen MR) is 105 cm³/mol. The minimum atomic E-state index is -0.331. The maximum Gasteiger partial charge on any atom is 0.310 e. The van der Waals surface area contributed by atoms with E-state index in [-0.39, 0.29) is 24.8 Å². The monoisotopic (exact) mass is 372 g/mol. The molecule has 0 saturated heterocycles. The highest BCUT2D eigenvalue weighted by Gasteiger charge is 2.24. The molecule has 0 fully saturated rings. The van der Waals surface area contributed by atoms with Gasteiger partial charge in [-0.2, -0.15) is 0 Å². The van der Waals surface area contributed by atoms with Crippen LogP contribution in [0.4, 0.5) is 0 Å². The van der Waals surface area contributed by atoms with Crippen molar-refractivity contribution >= 4 is 11.8 Å². The molecule has 1 aliphatic rings. The van der Waals surface area contributed by atoms with Crippen molar-refractivity contribution in [3.05, 3.63) is 100 Å². The lowest BCUT2D eigenvalue weighted by Crippen LogP contribution is -2.10. The molecule has 3 aromatic rings. The molecule has 1 heterocycles. The molecule has 28 heavy (non-hydrogen) atoms. The Hall–Kier alpha value is -3.40. The van der Waals surface area contributed by atoms with Gasteiger partial charge in [-0.05, 0) is 35.7 Å². The second kappa shape index (κ2) is 7.69. The Morgan fingerprint density at radius 1 is 1.00 bits per heavy atom. The van der Waals surface area contributed by atoms with Crippen molar-refractivity contribution in [2.45, 2.75) is 26.6 Å². The molecule has 0 unspecified atom stereocenters. The molecule has 4 nitrogen and oxygen atoms in total. The molecule has 0 aliphatic carbocycles. The largest absolute Gasteiger partial charge is 0.488 e. The fourth-order valence-electron chi connectivity index (χ4n) is 3.41. The van der Waals surface area contributed by atoms with Gasteiger partial charge in [0, 0.05) is 11.1 Å². The van der Waals surface area contributed by atoms with Crippen molar-refractivity contribution in [1.29, 1.82) is 0 Å². The second-order valence-electron chi connectivity index (χ2n) is 6.88. The average Bonchev–Trinajstić information content (AvgIpc) is 2.85. The SMILES string of the molecule is Cc1cccc2c1C(=O)c1cc(CC(=O)OCc3ccccc3)ccc1OC2. The van der Waals surface area contributed by atoms with Gasteiger partial charge in [0.2, 0.25) is 0 Å². The predicted octanol–water partition coefficient (Wildman–Crippen LogP) is 4.40. The van der Waals surface area contributed by atoms with E-state index in [1.165, 1.54) is 0 Å². The first-order valence-electron chi connectivity index (χ1n) is 9.20. The standard InChI is InChI=1S/C24H20O4/c1-16-6-5-9-19-15-27-21-11-10-18(12-20(21)24(26)23(16)19)13-22(25)28-14-17-7-3-2-4-8-17/h2-12H,13-15H2,1H3. The number of benzene rings is 3. The van der Waals surface area contributed by atoms with Crippen LogP contribution < -0.4 is 4.74 Å². The molecular formula is C24H20O4. The van der Waals surface area contributed by atoms with Crippen LogP contribution in [0.3, 0.4) is 0 Å². The first-order chi connectivity index (χ1) is 13.6. The van der Waals surface area contributed by atoms with E-state index < -0.39 is 0 Å². The minimum absolute atomic E-state index is 0.0693. The van der Waals surface area contributed by atoms with E-state index in [9.17, 15) is 9.59 Å². The van der Waals surface area contributed by atoms with E-state index in [1.54, 1.807) is 18.2 Å². The lowest BCUT2D eigenvalue weighted by Gasteiger charge is -2.09. The van der Waals surface area contributed by atoms with Gasteiger partial charge >= 0.3 is 5.97 Å². The number of ketones is 1. The van der Waals surface area contributed by atoms with Crippen LogP contribution in [0.5, 0.6) is 5.75 Å². The molecule has 0 amide bonds. The minimum Gasteiger partial charge on any atom is -0.488 e. The lowest BCUT2D eigenvalue weighted by molar-refractivity contribution is -0.144. The summed E-state index contributed by atoms with van der Waals surface area (Å²) in [4.78, 5) is 25.3. The molecule has 0 aromatic heterocycles. The third-order valence-electron chi connectivity index (χ3n) is 4.85. The molecular weight excluding hydrogens is 352 g/mol. The number of esters is 1. The van der Waals surface area contributed by atoms with E-state index in [4.69, 9.17) is 9.47 Å². The zero-order valence-corrected chi connectivity index (χ0v) is 15.6. The quantitative estimate of drug-likeness (QED) is 0.637. The Bertz CT molecular complexity index is 1040. The van der Waals surface area contributed by atoms with E-state index in [0.717, 1.165) is 22.3 Å². The maximum absolute atomic E-state index is 13.1. The van der Waals surface area contributed by atoms with E-state index in [0.29, 0.717) is 23.5 Å². The summed E-state index contributed by atoms with van der Waals surface area (Å²) in [5, 5.41) is 0. The average molecular weight is 372 g/mol. The molecule has 4 heteroatoms. The normalized spacial score (nSPS) is 12.4. The summed E-state index contributed by atoms with van der Waals surface area (Å²) in [7, 11) is 0. The van der Waals surface area contributed by atoms with Crippen molar-refractivity contribution in [3.63, 3.8) is 0 Å². The van der Waals surface area contributed by atoms with Gasteiger partial charge in [-0.1, -0.05) is 54.6 Å². The maximum atomic E-state index is 13.1. The van der Waals surface area contributed by atoms with Gasteiger partial charge in [-0.25, -0.2) is 0 Å². The highest BCUT2D eigenvalue weighted by molar-refractivity contribution is 6.13. The van der Waals surface area contributed by atoms with Gasteiger partial charge in [0.1, 0.15) is 19.0 Å². The van der Waals surface area contributed by atoms with Crippen LogP contribution in [0.1, 0.15) is 38.2 Å². The van der Waals surface area contributed by atoms with E-state index in [2.05, 4.69) is 0 Å². The molecule has 3 aromatic carbocycles. The van der Waals surface area contributed by atoms with Crippen LogP contribution in [-0.2, 0) is 29.2 Å². The van der Waals surface area contributed by atoms with Crippen LogP contribution in [0, 0.1) is 6.92 Å². The number of ether oxygens (including phenoxy) is 2. The van der Waals surface area contributed by atoms with Gasteiger partial charge in [-0.3, -0.25) is 9.59 Å². The first kappa shape index (κ1) is 18.0. The summed E-state index contributed by atoms with van der Waals surface area (Å²) < 4.78 is 11.2. The molecule has 140 valence electrons. The fraction of sp³-hybridized carbons (Fsp3) is 0.167. The number of fused-ring (bicyclic) bond motifs is 2. The summed E-state index contributed by atoms with van der Waals surface area (Å²) in [6, 6.07) is 20.6. The molecule has 0 N–H and O–H groups in total. The third-order valence-corrected chi connectivity index (χ3v) is 4.85. The number of rotatable bonds is 4. The number of carbonyl (C=O) groups is 2. The number of hydrogen-bond donors (Lipinski definition) is 0. The van der Waals surface area contributed by atoms with Crippen molar-refractivity contribution in [1.82, 2.24) is 0 Å². The van der Waals surface area contributed by atoms with Crippen molar-refractivity contribution in [2.24, 2.45) is 0 Å². The molecule has 0 bridgehead atoms. The zero-order valence-electron chi connectivity index (χ0n) is 15.6. The number of hydrogen-bond acceptors (Lipinski definition) is 4. The smallest absolute Gasteiger partial charge is 0.310 e. The van der Waals surface area contributed by atoms with Gasteiger partial charge in [0.15, 0.2) is 5.78 Å². The first-order valence-corrected chi connectivity index (χ1v) is 9.20. The molecule has 1 aliphatic heterocycles. The number of carbonyl (C=O) groups excluding carboxylic acids is 2. The summed E-state index contributed by atoms with van der Waals surface area (Å²) >= 11 is 0. The van der Waals surface area contributed by atoms with Crippen molar-refractivity contribution in [3.8, 4) is 5.75 Å². The van der Waals surface area contributed by atoms with Gasteiger partial charge in [-0.15, -0.1) is 0 Å². The molecule has 4 rings (SSSR count). The van der Waals surface area contributed by atoms with E-state index >= 15 is 0 Å². The second-order valence-corrected chi connectivity index (χ2v) is 6.88. The highest BCUT2D eigenvalue weighted by atomic mass is 16.5. The summed E-state index contributed by atoms with van der Waals surface area (Å²) in [5.74, 6) is 0.143. The molecule has 0 radical (unpaired) electrons. The summed E-state index contributed by atoms with van der Waals surface area (Å²) in [5.41, 5.74) is 4.64. The van der Waals surface area contributed by atoms with Crippen LogP contribution >= 0.6 is 0 Å². The molecule has 0 saturated carbocycles. The Morgan fingerprint density at radius 2 is 1.82 bits per heavy atom. The highest BCUT2D eigenvalue weighted by Crippen LogP contribution is 2.31. The third kappa shape index (κ3) is 3.67. The van der Waals surface area contributed by atoms with Crippen LogP contribution in [0.15, 0.2) is 66.7 Å². The Labute approximate surface area is 163 Å². The van der Waals surface area contributed by atoms with Crippen molar-refractivity contribution in [2.75, 3.05) is 0 Å². The summed E-state index contributed by atoms with van der Waals surface area (Å²) in [6.45, 7) is 2.51. The Balaban J connectivity index is 1.53. The van der Waals surface area contributed by atoms with Gasteiger partial charge in [0.05, 0.1) is 12.0 Å². The van der Waals surface area contributed by atoms with Crippen LogP contribution in [-0.4, -0.2) is 11.8 Å². The van der Waals surface area contributed by atoms with Gasteiger partial charge in [0.25, 0.3) is 0 Å². The van der Waals surface area contributed by atoms with Crippen molar-refractivity contribution < 1.29 is 19.1 Å². The van der Waals surface area contributed by atoms with Crippen LogP contribution in [0.25, 0.3) is 0 Å².